The fourth-order valence-electron chi connectivity index (χ4n) is 0.253. The summed E-state index contributed by atoms with van der Waals surface area (Å²) >= 11 is 0. The first kappa shape index (κ1) is 11.6. The van der Waals surface area contributed by atoms with Gasteiger partial charge in [-0.15, -0.1) is 0 Å². The molecule has 0 saturated heterocycles. The molecule has 1 N–H and O–H groups in total. The summed E-state index contributed by atoms with van der Waals surface area (Å²) < 4.78 is 0. The highest BCUT2D eigenvalue weighted by molar-refractivity contribution is 5.72. The maximum absolute atomic E-state index is 10.0. The minimum Gasteiger partial charge on any atom is -0.481 e. The predicted octanol–water partition coefficient (Wildman–Crippen LogP) is 1.71. The first-order valence-corrected chi connectivity index (χ1v) is 3.89. The highest BCUT2D eigenvalue weighted by atomic mass is 16.4. The Morgan fingerprint density at radius 2 is 1.54 bits per heavy atom. The van der Waals surface area contributed by atoms with Gasteiger partial charge in [0.2, 0.25) is 0 Å². The molecule has 72 valence electrons. The summed E-state index contributed by atoms with van der Waals surface area (Å²) in [5.41, 5.74) is -0.583. The molecule has 0 atom stereocenters. The summed E-state index contributed by atoms with van der Waals surface area (Å²) in [5, 5.41) is 15.3. The number of carboxylic acids is 1. The van der Waals surface area contributed by atoms with Gasteiger partial charge in [0, 0.05) is 12.4 Å². The molecule has 0 bridgehead atoms. The van der Waals surface area contributed by atoms with Crippen LogP contribution in [0.25, 0.3) is 0 Å². The Hall–Kier alpha value is -1.45. The average Bonchev–Trinajstić information content (AvgIpc) is 2.07. The van der Waals surface area contributed by atoms with E-state index in [-0.39, 0.29) is 1.43 Å². The Bertz CT molecular complexity index is 220. The van der Waals surface area contributed by atoms with Gasteiger partial charge < -0.3 is 5.11 Å². The number of carbonyl (C=O) groups is 1. The number of carboxylic acid groups (broad SMARTS) is 1. The van der Waals surface area contributed by atoms with Gasteiger partial charge in [-0.25, -0.2) is 0 Å². The van der Waals surface area contributed by atoms with Crippen LogP contribution in [0.15, 0.2) is 24.5 Å². The minimum absolute atomic E-state index is 0. The number of rotatable bonds is 0. The summed E-state index contributed by atoms with van der Waals surface area (Å²) in [7, 11) is 0. The lowest BCUT2D eigenvalue weighted by atomic mass is 9.98. The van der Waals surface area contributed by atoms with Crippen LogP contribution in [0.2, 0.25) is 0 Å². The SMILES string of the molecule is CC(C)(C)C(=O)O.[H+].c1ccnnc1. The zero-order valence-corrected chi connectivity index (χ0v) is 8.06. The van der Waals surface area contributed by atoms with Gasteiger partial charge in [-0.3, -0.25) is 4.79 Å². The van der Waals surface area contributed by atoms with Gasteiger partial charge in [0.05, 0.1) is 5.41 Å². The molecular weight excluding hydrogens is 168 g/mol. The van der Waals surface area contributed by atoms with E-state index in [4.69, 9.17) is 5.11 Å². The van der Waals surface area contributed by atoms with Crippen LogP contribution in [0, 0.1) is 5.41 Å². The van der Waals surface area contributed by atoms with Gasteiger partial charge in [-0.2, -0.15) is 10.2 Å². The predicted molar refractivity (Wildman–Crippen MR) is 50.2 cm³/mol. The molecule has 0 radical (unpaired) electrons. The molecule has 4 heteroatoms. The van der Waals surface area contributed by atoms with E-state index in [0.717, 1.165) is 0 Å². The third-order valence-electron chi connectivity index (χ3n) is 1.12. The molecule has 0 unspecified atom stereocenters. The molecule has 0 saturated carbocycles. The molecule has 0 spiro atoms. The molecule has 0 aromatic carbocycles. The molecule has 1 rings (SSSR count). The van der Waals surface area contributed by atoms with Crippen LogP contribution in [-0.4, -0.2) is 21.3 Å². The standard InChI is InChI=1S/C5H10O2.C4H4N2/c1-5(2,3)4(6)7;1-2-4-6-5-3-1/h1-3H3,(H,6,7);1-4H/p+1. The molecule has 0 fully saturated rings. The first-order valence-electron chi connectivity index (χ1n) is 3.89. The molecule has 1 aromatic heterocycles. The second-order valence-electron chi connectivity index (χ2n) is 3.47. The molecule has 1 aromatic rings. The Morgan fingerprint density at radius 1 is 1.23 bits per heavy atom. The van der Waals surface area contributed by atoms with Crippen LogP contribution in [0.5, 0.6) is 0 Å². The van der Waals surface area contributed by atoms with Crippen molar-refractivity contribution < 1.29 is 11.3 Å². The molecule has 1 heterocycles. The Morgan fingerprint density at radius 3 is 1.62 bits per heavy atom. The van der Waals surface area contributed by atoms with Crippen LogP contribution in [0.4, 0.5) is 0 Å². The van der Waals surface area contributed by atoms with E-state index >= 15 is 0 Å². The van der Waals surface area contributed by atoms with Crippen molar-refractivity contribution in [2.45, 2.75) is 20.8 Å². The lowest BCUT2D eigenvalue weighted by molar-refractivity contribution is -0.145. The van der Waals surface area contributed by atoms with Crippen LogP contribution < -0.4 is 0 Å². The van der Waals surface area contributed by atoms with Crippen molar-refractivity contribution in [2.24, 2.45) is 5.41 Å². The number of nitrogens with zero attached hydrogens (tertiary/aromatic N) is 2. The topological polar surface area (TPSA) is 63.1 Å². The maximum Gasteiger partial charge on any atom is 1.00 e. The van der Waals surface area contributed by atoms with E-state index in [0.29, 0.717) is 0 Å². The van der Waals surface area contributed by atoms with Gasteiger partial charge in [0.1, 0.15) is 0 Å². The minimum atomic E-state index is -0.757. The summed E-state index contributed by atoms with van der Waals surface area (Å²) in [4.78, 5) is 10.0. The average molecular weight is 183 g/mol. The van der Waals surface area contributed by atoms with Crippen molar-refractivity contribution in [1.82, 2.24) is 10.2 Å². The zero-order chi connectivity index (χ0) is 10.3. The molecule has 0 amide bonds. The summed E-state index contributed by atoms with van der Waals surface area (Å²) in [6.45, 7) is 4.99. The van der Waals surface area contributed by atoms with Crippen LogP contribution in [0.1, 0.15) is 22.2 Å². The number of aromatic nitrogens is 2. The fraction of sp³-hybridized carbons (Fsp3) is 0.444. The zero-order valence-electron chi connectivity index (χ0n) is 9.06. The Kier molecular flexibility index (Phi) is 4.66. The van der Waals surface area contributed by atoms with Crippen molar-refractivity contribution in [3.8, 4) is 0 Å². The number of hydrogen-bond acceptors (Lipinski definition) is 3. The van der Waals surface area contributed by atoms with E-state index in [1.54, 1.807) is 33.2 Å². The molecule has 0 aliphatic carbocycles. The van der Waals surface area contributed by atoms with Crippen molar-refractivity contribution >= 4 is 5.97 Å². The van der Waals surface area contributed by atoms with E-state index in [1.165, 1.54) is 0 Å². The quantitative estimate of drug-likeness (QED) is 0.665. The van der Waals surface area contributed by atoms with E-state index in [1.807, 2.05) is 12.1 Å². The van der Waals surface area contributed by atoms with Crippen molar-refractivity contribution in [3.05, 3.63) is 24.5 Å². The highest BCUT2D eigenvalue weighted by Gasteiger charge is 2.18. The van der Waals surface area contributed by atoms with Gasteiger partial charge in [0.15, 0.2) is 0 Å². The van der Waals surface area contributed by atoms with Crippen molar-refractivity contribution in [3.63, 3.8) is 0 Å². The lowest BCUT2D eigenvalue weighted by Crippen LogP contribution is -2.18. The van der Waals surface area contributed by atoms with Gasteiger partial charge in [0.25, 0.3) is 0 Å². The second-order valence-corrected chi connectivity index (χ2v) is 3.47. The van der Waals surface area contributed by atoms with Crippen LogP contribution in [0.3, 0.4) is 0 Å². The summed E-state index contributed by atoms with van der Waals surface area (Å²) in [5.74, 6) is -0.757. The van der Waals surface area contributed by atoms with E-state index < -0.39 is 11.4 Å². The van der Waals surface area contributed by atoms with Gasteiger partial charge >= 0.3 is 7.40 Å². The van der Waals surface area contributed by atoms with Crippen LogP contribution >= 0.6 is 0 Å². The second kappa shape index (κ2) is 5.24. The largest absolute Gasteiger partial charge is 1.00 e. The third-order valence-corrected chi connectivity index (χ3v) is 1.12. The monoisotopic (exact) mass is 183 g/mol. The lowest BCUT2D eigenvalue weighted by Gasteiger charge is -2.08. The van der Waals surface area contributed by atoms with Crippen molar-refractivity contribution in [1.29, 1.82) is 0 Å². The fourth-order valence-corrected chi connectivity index (χ4v) is 0.253. The Balaban J connectivity index is 0. The van der Waals surface area contributed by atoms with Gasteiger partial charge in [-0.1, -0.05) is 0 Å². The molecule has 13 heavy (non-hydrogen) atoms. The van der Waals surface area contributed by atoms with Crippen LogP contribution in [-0.2, 0) is 4.79 Å². The first-order chi connectivity index (χ1) is 5.94. The van der Waals surface area contributed by atoms with E-state index in [2.05, 4.69) is 10.2 Å². The van der Waals surface area contributed by atoms with Crippen molar-refractivity contribution in [2.75, 3.05) is 0 Å². The molecule has 0 aliphatic heterocycles. The summed E-state index contributed by atoms with van der Waals surface area (Å²) in [6.07, 6.45) is 3.28. The van der Waals surface area contributed by atoms with E-state index in [9.17, 15) is 4.79 Å². The summed E-state index contributed by atoms with van der Waals surface area (Å²) in [6, 6.07) is 3.65. The maximum atomic E-state index is 10.0. The Labute approximate surface area is 79.1 Å². The number of hydrogen-bond donors (Lipinski definition) is 1. The van der Waals surface area contributed by atoms with Gasteiger partial charge in [-0.05, 0) is 32.9 Å². The highest BCUT2D eigenvalue weighted by Crippen LogP contribution is 2.11. The molecule has 4 nitrogen and oxygen atoms in total. The molecule has 0 aliphatic rings. The molecular formula is C9H15N2O2+. The normalized spacial score (nSPS) is 9.77. The third kappa shape index (κ3) is 6.93. The smallest absolute Gasteiger partial charge is 0.481 e. The number of aliphatic carboxylic acids is 1.